The average molecular weight is 378 g/mol. The zero-order valence-electron chi connectivity index (χ0n) is 17.7. The molecule has 2 heterocycles. The third-order valence-corrected chi connectivity index (χ3v) is 5.87. The Morgan fingerprint density at radius 2 is 1.63 bits per heavy atom. The number of carbonyl (C=O) groups excluding carboxylic acids is 2. The van der Waals surface area contributed by atoms with Crippen molar-refractivity contribution in [1.82, 2.24) is 4.90 Å². The van der Waals surface area contributed by atoms with Crippen LogP contribution in [0.3, 0.4) is 0 Å². The van der Waals surface area contributed by atoms with Crippen LogP contribution in [0.1, 0.15) is 97.8 Å². The molecule has 2 aliphatic heterocycles. The average Bonchev–Trinajstić information content (AvgIpc) is 2.58. The van der Waals surface area contributed by atoms with Crippen LogP contribution < -0.4 is 0 Å². The molecule has 4 heteroatoms. The van der Waals surface area contributed by atoms with Gasteiger partial charge in [0.1, 0.15) is 11.4 Å². The number of hydrogen-bond donors (Lipinski definition) is 0. The third-order valence-electron chi connectivity index (χ3n) is 5.87. The number of piperidine rings is 2. The number of amides is 1. The fourth-order valence-electron chi connectivity index (χ4n) is 4.58. The van der Waals surface area contributed by atoms with Crippen LogP contribution in [-0.2, 0) is 9.53 Å². The Bertz CT molecular complexity index is 494. The topological polar surface area (TPSA) is 46.6 Å². The van der Waals surface area contributed by atoms with Gasteiger partial charge in [-0.25, -0.2) is 4.79 Å². The summed E-state index contributed by atoms with van der Waals surface area (Å²) in [6.07, 6.45) is 14.2. The van der Waals surface area contributed by atoms with E-state index in [9.17, 15) is 9.59 Å². The molecule has 1 amide bonds. The van der Waals surface area contributed by atoms with Crippen molar-refractivity contribution >= 4 is 11.9 Å². The summed E-state index contributed by atoms with van der Waals surface area (Å²) in [7, 11) is 0. The van der Waals surface area contributed by atoms with Crippen LogP contribution in [0.5, 0.6) is 0 Å². The van der Waals surface area contributed by atoms with Gasteiger partial charge in [0.2, 0.25) is 0 Å². The van der Waals surface area contributed by atoms with Crippen LogP contribution >= 0.6 is 0 Å². The number of carbonyl (C=O) groups is 2. The van der Waals surface area contributed by atoms with Crippen molar-refractivity contribution in [2.24, 2.45) is 5.92 Å². The molecule has 2 unspecified atom stereocenters. The summed E-state index contributed by atoms with van der Waals surface area (Å²) < 4.78 is 5.62. The molecule has 2 rings (SSSR count). The summed E-state index contributed by atoms with van der Waals surface area (Å²) in [5.74, 6) is 0.557. The SMILES string of the molecule is C=CCCCCCCCC(=O)C1CC2CCCC(C1)N2C(=O)OC(C)(C)C. The van der Waals surface area contributed by atoms with Gasteiger partial charge in [-0.2, -0.15) is 0 Å². The molecule has 2 bridgehead atoms. The molecule has 0 N–H and O–H groups in total. The largest absolute Gasteiger partial charge is 0.444 e. The van der Waals surface area contributed by atoms with Gasteiger partial charge in [-0.05, 0) is 72.1 Å². The van der Waals surface area contributed by atoms with E-state index in [1.807, 2.05) is 31.7 Å². The Hall–Kier alpha value is -1.32. The van der Waals surface area contributed by atoms with Crippen LogP contribution in [0.15, 0.2) is 12.7 Å². The van der Waals surface area contributed by atoms with E-state index in [1.165, 1.54) is 19.3 Å². The lowest BCUT2D eigenvalue weighted by atomic mass is 9.76. The Kier molecular flexibility index (Phi) is 8.37. The first-order valence-corrected chi connectivity index (χ1v) is 11.0. The van der Waals surface area contributed by atoms with Gasteiger partial charge in [-0.15, -0.1) is 6.58 Å². The van der Waals surface area contributed by atoms with E-state index in [1.54, 1.807) is 0 Å². The predicted molar refractivity (Wildman–Crippen MR) is 110 cm³/mol. The van der Waals surface area contributed by atoms with Crippen LogP contribution in [0.2, 0.25) is 0 Å². The fourth-order valence-corrected chi connectivity index (χ4v) is 4.58. The fraction of sp³-hybridized carbons (Fsp3) is 0.826. The second-order valence-corrected chi connectivity index (χ2v) is 9.36. The Morgan fingerprint density at radius 1 is 1.04 bits per heavy atom. The summed E-state index contributed by atoms with van der Waals surface area (Å²) in [4.78, 5) is 27.3. The molecule has 4 nitrogen and oxygen atoms in total. The Labute approximate surface area is 165 Å². The molecule has 0 radical (unpaired) electrons. The molecule has 0 aromatic carbocycles. The number of fused-ring (bicyclic) bond motifs is 2. The highest BCUT2D eigenvalue weighted by Gasteiger charge is 2.44. The highest BCUT2D eigenvalue weighted by molar-refractivity contribution is 5.81. The monoisotopic (exact) mass is 377 g/mol. The maximum atomic E-state index is 12.7. The lowest BCUT2D eigenvalue weighted by molar-refractivity contribution is -0.127. The van der Waals surface area contributed by atoms with Crippen molar-refractivity contribution in [2.75, 3.05) is 0 Å². The van der Waals surface area contributed by atoms with E-state index in [0.29, 0.717) is 12.2 Å². The first-order chi connectivity index (χ1) is 12.8. The van der Waals surface area contributed by atoms with Crippen molar-refractivity contribution < 1.29 is 14.3 Å². The zero-order valence-corrected chi connectivity index (χ0v) is 17.7. The molecule has 2 aliphatic rings. The smallest absolute Gasteiger partial charge is 0.410 e. The van der Waals surface area contributed by atoms with E-state index >= 15 is 0 Å². The van der Waals surface area contributed by atoms with Gasteiger partial charge < -0.3 is 9.64 Å². The van der Waals surface area contributed by atoms with Crippen molar-refractivity contribution in [1.29, 1.82) is 0 Å². The van der Waals surface area contributed by atoms with Crippen LogP contribution in [-0.4, -0.2) is 34.5 Å². The molecule has 2 saturated heterocycles. The molecule has 2 atom stereocenters. The van der Waals surface area contributed by atoms with Gasteiger partial charge in [-0.3, -0.25) is 4.79 Å². The number of allylic oxidation sites excluding steroid dienone is 1. The molecular formula is C23H39NO3. The Balaban J connectivity index is 1.79. The number of nitrogens with zero attached hydrogens (tertiary/aromatic N) is 1. The molecule has 27 heavy (non-hydrogen) atoms. The normalized spacial score (nSPS) is 25.1. The predicted octanol–water partition coefficient (Wildman–Crippen LogP) is 6.04. The molecule has 0 saturated carbocycles. The minimum atomic E-state index is -0.469. The van der Waals surface area contributed by atoms with Crippen molar-refractivity contribution in [2.45, 2.75) is 116 Å². The summed E-state index contributed by atoms with van der Waals surface area (Å²) in [5, 5.41) is 0. The second-order valence-electron chi connectivity index (χ2n) is 9.36. The highest BCUT2D eigenvalue weighted by Crippen LogP contribution is 2.38. The number of hydrogen-bond acceptors (Lipinski definition) is 3. The lowest BCUT2D eigenvalue weighted by Gasteiger charge is -2.48. The molecule has 2 fully saturated rings. The standard InChI is InChI=1S/C23H39NO3/c1-5-6-7-8-9-10-11-15-21(25)18-16-19-13-12-14-20(17-18)24(19)22(26)27-23(2,3)4/h5,18-20H,1,6-17H2,2-4H3. The summed E-state index contributed by atoms with van der Waals surface area (Å²) in [6.45, 7) is 9.48. The molecule has 154 valence electrons. The van der Waals surface area contributed by atoms with E-state index in [0.717, 1.165) is 51.4 Å². The Morgan fingerprint density at radius 3 is 2.22 bits per heavy atom. The van der Waals surface area contributed by atoms with E-state index in [2.05, 4.69) is 6.58 Å². The van der Waals surface area contributed by atoms with Crippen LogP contribution in [0.25, 0.3) is 0 Å². The maximum Gasteiger partial charge on any atom is 0.410 e. The molecule has 0 aromatic rings. The number of ketones is 1. The van der Waals surface area contributed by atoms with E-state index in [4.69, 9.17) is 4.74 Å². The third kappa shape index (κ3) is 6.97. The summed E-state index contributed by atoms with van der Waals surface area (Å²) >= 11 is 0. The van der Waals surface area contributed by atoms with Gasteiger partial charge in [0.25, 0.3) is 0 Å². The summed E-state index contributed by atoms with van der Waals surface area (Å²) in [6, 6.07) is 0.361. The molecular weight excluding hydrogens is 338 g/mol. The van der Waals surface area contributed by atoms with Crippen molar-refractivity contribution in [3.8, 4) is 0 Å². The van der Waals surface area contributed by atoms with Crippen molar-refractivity contribution in [3.05, 3.63) is 12.7 Å². The van der Waals surface area contributed by atoms with Crippen molar-refractivity contribution in [3.63, 3.8) is 0 Å². The van der Waals surface area contributed by atoms with Gasteiger partial charge in [-0.1, -0.05) is 25.3 Å². The van der Waals surface area contributed by atoms with Gasteiger partial charge in [0.05, 0.1) is 0 Å². The maximum absolute atomic E-state index is 12.7. The van der Waals surface area contributed by atoms with E-state index < -0.39 is 5.60 Å². The number of ether oxygens (including phenoxy) is 1. The molecule has 0 aliphatic carbocycles. The lowest BCUT2D eigenvalue weighted by Crippen LogP contribution is -2.56. The zero-order chi connectivity index (χ0) is 19.9. The van der Waals surface area contributed by atoms with E-state index in [-0.39, 0.29) is 24.1 Å². The summed E-state index contributed by atoms with van der Waals surface area (Å²) in [5.41, 5.74) is -0.469. The number of unbranched alkanes of at least 4 members (excludes halogenated alkanes) is 5. The minimum Gasteiger partial charge on any atom is -0.444 e. The molecule has 0 aromatic heterocycles. The van der Waals surface area contributed by atoms with Crippen LogP contribution in [0, 0.1) is 5.92 Å². The number of rotatable bonds is 9. The van der Waals surface area contributed by atoms with Gasteiger partial charge in [0.15, 0.2) is 0 Å². The second kappa shape index (κ2) is 10.3. The molecule has 0 spiro atoms. The van der Waals surface area contributed by atoms with Crippen LogP contribution in [0.4, 0.5) is 4.79 Å². The van der Waals surface area contributed by atoms with Gasteiger partial charge >= 0.3 is 6.09 Å². The quantitative estimate of drug-likeness (QED) is 0.363. The minimum absolute atomic E-state index is 0.139. The number of Topliss-reactive ketones (excluding diaryl/α,β-unsaturated/α-hetero) is 1. The highest BCUT2D eigenvalue weighted by atomic mass is 16.6. The first kappa shape index (κ1) is 22.0. The first-order valence-electron chi connectivity index (χ1n) is 11.0. The van der Waals surface area contributed by atoms with Gasteiger partial charge in [0, 0.05) is 24.4 Å².